The van der Waals surface area contributed by atoms with E-state index >= 15 is 0 Å². The van der Waals surface area contributed by atoms with Gasteiger partial charge >= 0.3 is 0 Å². The van der Waals surface area contributed by atoms with E-state index in [1.165, 1.54) is 0 Å². The minimum Gasteiger partial charge on any atom is -0.394 e. The number of hydrogen-bond acceptors (Lipinski definition) is 3. The molecule has 60 valence electrons. The first-order chi connectivity index (χ1) is 4.71. The third kappa shape index (κ3) is 1.17. The van der Waals surface area contributed by atoms with Crippen molar-refractivity contribution in [3.63, 3.8) is 0 Å². The largest absolute Gasteiger partial charge is 0.394 e. The highest BCUT2D eigenvalue weighted by Crippen LogP contribution is 2.22. The Morgan fingerprint density at radius 1 is 1.60 bits per heavy atom. The second-order valence-electron chi connectivity index (χ2n) is 3.08. The van der Waals surface area contributed by atoms with Gasteiger partial charge in [0.05, 0.1) is 18.8 Å². The first-order valence-corrected chi connectivity index (χ1v) is 3.57. The molecule has 1 N–H and O–H groups in total. The summed E-state index contributed by atoms with van der Waals surface area (Å²) >= 11 is 0. The predicted octanol–water partition coefficient (Wildman–Crippen LogP) is -0.301. The van der Waals surface area contributed by atoms with E-state index in [1.54, 1.807) is 0 Å². The van der Waals surface area contributed by atoms with E-state index in [0.717, 1.165) is 13.0 Å². The van der Waals surface area contributed by atoms with Crippen LogP contribution in [0.15, 0.2) is 0 Å². The van der Waals surface area contributed by atoms with E-state index in [4.69, 9.17) is 9.84 Å². The molecule has 1 heterocycles. The maximum atomic E-state index is 9.07. The molecule has 0 bridgehead atoms. The summed E-state index contributed by atoms with van der Waals surface area (Å²) in [4.78, 5) is 2.04. The molecule has 1 rings (SSSR count). The minimum absolute atomic E-state index is 0.0972. The Hall–Kier alpha value is -0.120. The molecule has 0 aromatic rings. The Bertz CT molecular complexity index is 108. The number of aliphatic hydroxyl groups is 1. The van der Waals surface area contributed by atoms with E-state index in [-0.39, 0.29) is 12.1 Å². The molecule has 10 heavy (non-hydrogen) atoms. The van der Waals surface area contributed by atoms with Gasteiger partial charge in [-0.3, -0.25) is 4.90 Å². The van der Waals surface area contributed by atoms with Crippen LogP contribution in [0.3, 0.4) is 0 Å². The van der Waals surface area contributed by atoms with Crippen molar-refractivity contribution >= 4 is 0 Å². The summed E-state index contributed by atoms with van der Waals surface area (Å²) in [5, 5.41) is 9.07. The molecule has 1 aliphatic heterocycles. The standard InChI is InChI=1S/C7H15NO2/c1-8(2)7(5-9)3-4-10-6-7/h9H,3-6H2,1-2H3. The third-order valence-corrected chi connectivity index (χ3v) is 2.33. The van der Waals surface area contributed by atoms with E-state index in [0.29, 0.717) is 6.61 Å². The van der Waals surface area contributed by atoms with Crippen molar-refractivity contribution in [2.45, 2.75) is 12.0 Å². The highest BCUT2D eigenvalue weighted by Gasteiger charge is 2.36. The highest BCUT2D eigenvalue weighted by atomic mass is 16.5. The molecule has 0 aromatic heterocycles. The average Bonchev–Trinajstić information content (AvgIpc) is 2.35. The smallest absolute Gasteiger partial charge is 0.0692 e. The normalized spacial score (nSPS) is 33.6. The molecular weight excluding hydrogens is 130 g/mol. The molecule has 0 saturated carbocycles. The van der Waals surface area contributed by atoms with Gasteiger partial charge in [0, 0.05) is 6.61 Å². The molecule has 0 aromatic carbocycles. The first-order valence-electron chi connectivity index (χ1n) is 3.57. The summed E-state index contributed by atoms with van der Waals surface area (Å²) in [5.41, 5.74) is -0.0972. The number of aliphatic hydroxyl groups excluding tert-OH is 1. The van der Waals surface area contributed by atoms with Gasteiger partial charge in [0.25, 0.3) is 0 Å². The maximum Gasteiger partial charge on any atom is 0.0692 e. The zero-order valence-electron chi connectivity index (χ0n) is 6.63. The summed E-state index contributed by atoms with van der Waals surface area (Å²) in [7, 11) is 3.95. The summed E-state index contributed by atoms with van der Waals surface area (Å²) in [5.74, 6) is 0. The minimum atomic E-state index is -0.0972. The van der Waals surface area contributed by atoms with E-state index in [2.05, 4.69) is 0 Å². The molecule has 1 atom stereocenters. The van der Waals surface area contributed by atoms with Gasteiger partial charge in [0.1, 0.15) is 0 Å². The Morgan fingerprint density at radius 3 is 2.50 bits per heavy atom. The molecule has 1 saturated heterocycles. The van der Waals surface area contributed by atoms with Gasteiger partial charge in [0.2, 0.25) is 0 Å². The van der Waals surface area contributed by atoms with Crippen molar-refractivity contribution < 1.29 is 9.84 Å². The molecule has 0 amide bonds. The van der Waals surface area contributed by atoms with Crippen LogP contribution in [0, 0.1) is 0 Å². The van der Waals surface area contributed by atoms with Gasteiger partial charge in [-0.2, -0.15) is 0 Å². The fourth-order valence-corrected chi connectivity index (χ4v) is 1.22. The molecule has 0 radical (unpaired) electrons. The van der Waals surface area contributed by atoms with Gasteiger partial charge in [-0.15, -0.1) is 0 Å². The van der Waals surface area contributed by atoms with Crippen LogP contribution >= 0.6 is 0 Å². The molecule has 1 fully saturated rings. The number of likely N-dealkylation sites (N-methyl/N-ethyl adjacent to an activating group) is 1. The van der Waals surface area contributed by atoms with Crippen molar-refractivity contribution in [2.24, 2.45) is 0 Å². The van der Waals surface area contributed by atoms with Crippen molar-refractivity contribution in [3.05, 3.63) is 0 Å². The SMILES string of the molecule is CN(C)C1(CO)CCOC1. The fourth-order valence-electron chi connectivity index (χ4n) is 1.22. The topological polar surface area (TPSA) is 32.7 Å². The maximum absolute atomic E-state index is 9.07. The number of rotatable bonds is 2. The Kier molecular flexibility index (Phi) is 2.28. The Morgan fingerprint density at radius 2 is 2.30 bits per heavy atom. The van der Waals surface area contributed by atoms with Crippen molar-refractivity contribution in [3.8, 4) is 0 Å². The van der Waals surface area contributed by atoms with Crippen molar-refractivity contribution in [1.82, 2.24) is 4.90 Å². The summed E-state index contributed by atoms with van der Waals surface area (Å²) in [6.45, 7) is 1.63. The Labute approximate surface area is 61.6 Å². The molecule has 0 aliphatic carbocycles. The lowest BCUT2D eigenvalue weighted by atomic mass is 9.99. The zero-order chi connectivity index (χ0) is 7.61. The average molecular weight is 145 g/mol. The van der Waals surface area contributed by atoms with Crippen molar-refractivity contribution in [1.29, 1.82) is 0 Å². The van der Waals surface area contributed by atoms with E-state index in [9.17, 15) is 0 Å². The number of ether oxygens (including phenoxy) is 1. The molecular formula is C7H15NO2. The van der Waals surface area contributed by atoms with Crippen LogP contribution in [0.4, 0.5) is 0 Å². The summed E-state index contributed by atoms with van der Waals surface area (Å²) in [6, 6.07) is 0. The third-order valence-electron chi connectivity index (χ3n) is 2.33. The fraction of sp³-hybridized carbons (Fsp3) is 1.00. The van der Waals surface area contributed by atoms with E-state index in [1.807, 2.05) is 19.0 Å². The van der Waals surface area contributed by atoms with Crippen LogP contribution in [0.5, 0.6) is 0 Å². The van der Waals surface area contributed by atoms with Crippen LogP contribution in [0.25, 0.3) is 0 Å². The lowest BCUT2D eigenvalue weighted by Crippen LogP contribution is -2.48. The predicted molar refractivity (Wildman–Crippen MR) is 38.9 cm³/mol. The van der Waals surface area contributed by atoms with Gasteiger partial charge in [-0.25, -0.2) is 0 Å². The van der Waals surface area contributed by atoms with Gasteiger partial charge < -0.3 is 9.84 Å². The molecule has 1 unspecified atom stereocenters. The zero-order valence-corrected chi connectivity index (χ0v) is 6.63. The monoisotopic (exact) mass is 145 g/mol. The second-order valence-corrected chi connectivity index (χ2v) is 3.08. The van der Waals surface area contributed by atoms with Crippen LogP contribution in [0.1, 0.15) is 6.42 Å². The molecule has 0 spiro atoms. The first kappa shape index (κ1) is 7.98. The van der Waals surface area contributed by atoms with E-state index < -0.39 is 0 Å². The van der Waals surface area contributed by atoms with Gasteiger partial charge in [-0.1, -0.05) is 0 Å². The summed E-state index contributed by atoms with van der Waals surface area (Å²) < 4.78 is 5.21. The van der Waals surface area contributed by atoms with Crippen molar-refractivity contribution in [2.75, 3.05) is 33.9 Å². The second kappa shape index (κ2) is 2.86. The molecule has 1 aliphatic rings. The quantitative estimate of drug-likeness (QED) is 0.579. The highest BCUT2D eigenvalue weighted by molar-refractivity contribution is 4.90. The van der Waals surface area contributed by atoms with Crippen LogP contribution in [-0.4, -0.2) is 49.5 Å². The lowest BCUT2D eigenvalue weighted by molar-refractivity contribution is 0.0526. The van der Waals surface area contributed by atoms with Gasteiger partial charge in [-0.05, 0) is 20.5 Å². The van der Waals surface area contributed by atoms with Crippen LogP contribution < -0.4 is 0 Å². The van der Waals surface area contributed by atoms with Crippen LogP contribution in [-0.2, 0) is 4.74 Å². The number of nitrogens with zero attached hydrogens (tertiary/aromatic N) is 1. The number of hydrogen-bond donors (Lipinski definition) is 1. The van der Waals surface area contributed by atoms with Crippen LogP contribution in [0.2, 0.25) is 0 Å². The van der Waals surface area contributed by atoms with Gasteiger partial charge in [0.15, 0.2) is 0 Å². The Balaban J connectivity index is 2.58. The lowest BCUT2D eigenvalue weighted by Gasteiger charge is -2.32. The molecule has 3 nitrogen and oxygen atoms in total. The molecule has 3 heteroatoms. The summed E-state index contributed by atoms with van der Waals surface area (Å²) in [6.07, 6.45) is 0.941.